The van der Waals surface area contributed by atoms with Crippen molar-refractivity contribution in [1.82, 2.24) is 10.9 Å². The third kappa shape index (κ3) is 7.37. The molecule has 0 fully saturated rings. The normalized spacial score (nSPS) is 11.0. The van der Waals surface area contributed by atoms with Crippen LogP contribution in [0.3, 0.4) is 0 Å². The molecule has 7 heteroatoms. The van der Waals surface area contributed by atoms with Gasteiger partial charge in [-0.3, -0.25) is 20.4 Å². The molecule has 2 N–H and O–H groups in total. The average molecular weight is 477 g/mol. The van der Waals surface area contributed by atoms with E-state index < -0.39 is 11.8 Å². The molecule has 2 rings (SSSR count). The number of carbonyl (C=O) groups is 2. The molecule has 0 bridgehead atoms. The molecular weight excluding hydrogens is 448 g/mol. The van der Waals surface area contributed by atoms with Crippen LogP contribution in [0, 0.1) is 0 Å². The first-order chi connectivity index (χ1) is 14.2. The van der Waals surface area contributed by atoms with Gasteiger partial charge in [0.25, 0.3) is 11.8 Å². The third-order valence-electron chi connectivity index (χ3n) is 4.33. The standard InChI is InChI=1S/C23H29BrN2O4/c1-5-6-12-29-18-9-7-8-16(13-18)22(28)26-25-21(27)15-30-20-11-10-17(14-19(20)24)23(2,3)4/h7-11,13-14H,5-6,12,15H2,1-4H3,(H,25,27)(H,26,28). The van der Waals surface area contributed by atoms with E-state index in [4.69, 9.17) is 9.47 Å². The smallest absolute Gasteiger partial charge is 0.276 e. The fourth-order valence-corrected chi connectivity index (χ4v) is 3.02. The molecule has 2 aromatic carbocycles. The monoisotopic (exact) mass is 476 g/mol. The maximum absolute atomic E-state index is 12.3. The van der Waals surface area contributed by atoms with Gasteiger partial charge in [-0.05, 0) is 63.7 Å². The maximum atomic E-state index is 12.3. The van der Waals surface area contributed by atoms with Crippen LogP contribution in [0.25, 0.3) is 0 Å². The lowest BCUT2D eigenvalue weighted by Crippen LogP contribution is -2.43. The predicted octanol–water partition coefficient (Wildman–Crippen LogP) is 4.77. The van der Waals surface area contributed by atoms with Crippen molar-refractivity contribution in [3.8, 4) is 11.5 Å². The molecule has 0 aliphatic carbocycles. The van der Waals surface area contributed by atoms with Crippen molar-refractivity contribution in [1.29, 1.82) is 0 Å². The van der Waals surface area contributed by atoms with Gasteiger partial charge >= 0.3 is 0 Å². The minimum absolute atomic E-state index is 0.0149. The molecule has 0 aromatic heterocycles. The van der Waals surface area contributed by atoms with E-state index in [9.17, 15) is 9.59 Å². The van der Waals surface area contributed by atoms with Crippen molar-refractivity contribution in [3.05, 3.63) is 58.1 Å². The van der Waals surface area contributed by atoms with Crippen LogP contribution >= 0.6 is 15.9 Å². The van der Waals surface area contributed by atoms with Crippen LogP contribution in [0.2, 0.25) is 0 Å². The van der Waals surface area contributed by atoms with Gasteiger partial charge in [-0.2, -0.15) is 0 Å². The number of carbonyl (C=O) groups excluding carboxylic acids is 2. The Morgan fingerprint density at radius 1 is 1.03 bits per heavy atom. The summed E-state index contributed by atoms with van der Waals surface area (Å²) < 4.78 is 11.9. The van der Waals surface area contributed by atoms with Crippen LogP contribution in [0.5, 0.6) is 11.5 Å². The molecule has 6 nitrogen and oxygen atoms in total. The van der Waals surface area contributed by atoms with E-state index in [1.807, 2.05) is 18.2 Å². The highest BCUT2D eigenvalue weighted by Crippen LogP contribution is 2.31. The van der Waals surface area contributed by atoms with E-state index in [2.05, 4.69) is 54.5 Å². The van der Waals surface area contributed by atoms with Crippen LogP contribution in [0.1, 0.15) is 56.5 Å². The summed E-state index contributed by atoms with van der Waals surface area (Å²) in [5, 5.41) is 0. The lowest BCUT2D eigenvalue weighted by molar-refractivity contribution is -0.123. The SMILES string of the molecule is CCCCOc1cccc(C(=O)NNC(=O)COc2ccc(C(C)(C)C)cc2Br)c1. The summed E-state index contributed by atoms with van der Waals surface area (Å²) in [6.07, 6.45) is 1.98. The van der Waals surface area contributed by atoms with Gasteiger partial charge in [0.05, 0.1) is 11.1 Å². The molecule has 0 unspecified atom stereocenters. The van der Waals surface area contributed by atoms with Crippen LogP contribution < -0.4 is 20.3 Å². The number of rotatable bonds is 8. The lowest BCUT2D eigenvalue weighted by Gasteiger charge is -2.20. The number of hydrogen-bond donors (Lipinski definition) is 2. The highest BCUT2D eigenvalue weighted by Gasteiger charge is 2.16. The largest absolute Gasteiger partial charge is 0.494 e. The van der Waals surface area contributed by atoms with Crippen LogP contribution in [0.15, 0.2) is 46.9 Å². The summed E-state index contributed by atoms with van der Waals surface area (Å²) in [6, 6.07) is 12.6. The summed E-state index contributed by atoms with van der Waals surface area (Å²) >= 11 is 3.47. The Kier molecular flexibility index (Phi) is 8.72. The highest BCUT2D eigenvalue weighted by molar-refractivity contribution is 9.10. The predicted molar refractivity (Wildman–Crippen MR) is 121 cm³/mol. The van der Waals surface area contributed by atoms with E-state index in [0.717, 1.165) is 22.9 Å². The highest BCUT2D eigenvalue weighted by atomic mass is 79.9. The second kappa shape index (κ2) is 11.0. The molecule has 0 saturated heterocycles. The number of hydrazine groups is 1. The van der Waals surface area contributed by atoms with Crippen LogP contribution in [-0.2, 0) is 10.2 Å². The summed E-state index contributed by atoms with van der Waals surface area (Å²) in [5.41, 5.74) is 6.31. The van der Waals surface area contributed by atoms with Gasteiger partial charge in [-0.15, -0.1) is 0 Å². The minimum Gasteiger partial charge on any atom is -0.494 e. The van der Waals surface area contributed by atoms with Crippen LogP contribution in [-0.4, -0.2) is 25.0 Å². The lowest BCUT2D eigenvalue weighted by atomic mass is 9.87. The minimum atomic E-state index is -0.467. The number of benzene rings is 2. The maximum Gasteiger partial charge on any atom is 0.276 e. The van der Waals surface area contributed by atoms with Crippen molar-refractivity contribution in [2.75, 3.05) is 13.2 Å². The second-order valence-corrected chi connectivity index (χ2v) is 8.77. The zero-order valence-corrected chi connectivity index (χ0v) is 19.5. The van der Waals surface area contributed by atoms with Gasteiger partial charge in [0.2, 0.25) is 0 Å². The van der Waals surface area contributed by atoms with Crippen molar-refractivity contribution in [3.63, 3.8) is 0 Å². The molecule has 0 aliphatic heterocycles. The van der Waals surface area contributed by atoms with Gasteiger partial charge in [-0.25, -0.2) is 0 Å². The molecule has 0 heterocycles. The quantitative estimate of drug-likeness (QED) is 0.425. The van der Waals surface area contributed by atoms with Crippen LogP contribution in [0.4, 0.5) is 0 Å². The summed E-state index contributed by atoms with van der Waals surface area (Å²) in [4.78, 5) is 24.3. The molecule has 2 aromatic rings. The van der Waals surface area contributed by atoms with E-state index >= 15 is 0 Å². The van der Waals surface area contributed by atoms with E-state index in [0.29, 0.717) is 23.7 Å². The number of amides is 2. The van der Waals surface area contributed by atoms with Crippen molar-refractivity contribution >= 4 is 27.7 Å². The molecule has 0 spiro atoms. The molecular formula is C23H29BrN2O4. The Bertz CT molecular complexity index is 878. The van der Waals surface area contributed by atoms with E-state index in [1.165, 1.54) is 0 Å². The fraction of sp³-hybridized carbons (Fsp3) is 0.391. The van der Waals surface area contributed by atoms with Gasteiger partial charge < -0.3 is 9.47 Å². The average Bonchev–Trinajstić information content (AvgIpc) is 2.70. The number of ether oxygens (including phenoxy) is 2. The Hall–Kier alpha value is -2.54. The van der Waals surface area contributed by atoms with Crippen molar-refractivity contribution in [2.24, 2.45) is 0 Å². The summed E-state index contributed by atoms with van der Waals surface area (Å²) in [5.74, 6) is 0.279. The molecule has 2 amide bonds. The second-order valence-electron chi connectivity index (χ2n) is 7.92. The summed E-state index contributed by atoms with van der Waals surface area (Å²) in [6.45, 7) is 8.82. The third-order valence-corrected chi connectivity index (χ3v) is 4.95. The molecule has 30 heavy (non-hydrogen) atoms. The molecule has 0 saturated carbocycles. The van der Waals surface area contributed by atoms with Gasteiger partial charge in [0, 0.05) is 5.56 Å². The zero-order chi connectivity index (χ0) is 22.1. The van der Waals surface area contributed by atoms with Crippen molar-refractivity contribution < 1.29 is 19.1 Å². The molecule has 162 valence electrons. The van der Waals surface area contributed by atoms with Gasteiger partial charge in [0.1, 0.15) is 11.5 Å². The first kappa shape index (κ1) is 23.7. The van der Waals surface area contributed by atoms with Gasteiger partial charge in [-0.1, -0.05) is 46.2 Å². The fourth-order valence-electron chi connectivity index (χ4n) is 2.52. The Labute approximate surface area is 186 Å². The Balaban J connectivity index is 1.83. The first-order valence-corrected chi connectivity index (χ1v) is 10.7. The van der Waals surface area contributed by atoms with E-state index in [1.54, 1.807) is 24.3 Å². The number of nitrogens with one attached hydrogen (secondary N) is 2. The topological polar surface area (TPSA) is 76.7 Å². The van der Waals surface area contributed by atoms with Gasteiger partial charge in [0.15, 0.2) is 6.61 Å². The van der Waals surface area contributed by atoms with E-state index in [-0.39, 0.29) is 12.0 Å². The molecule has 0 radical (unpaired) electrons. The number of halogens is 1. The first-order valence-electron chi connectivity index (χ1n) is 9.95. The Morgan fingerprint density at radius 3 is 2.47 bits per heavy atom. The number of unbranched alkanes of at least 4 members (excludes halogenated alkanes) is 1. The number of hydrogen-bond acceptors (Lipinski definition) is 4. The molecule has 0 atom stereocenters. The van der Waals surface area contributed by atoms with Crippen molar-refractivity contribution in [2.45, 2.75) is 46.0 Å². The molecule has 0 aliphatic rings. The Morgan fingerprint density at radius 2 is 1.80 bits per heavy atom. The zero-order valence-electron chi connectivity index (χ0n) is 17.9. The summed E-state index contributed by atoms with van der Waals surface area (Å²) in [7, 11) is 0.